The molecule has 0 N–H and O–H groups in total. The van der Waals surface area contributed by atoms with Gasteiger partial charge in [0.05, 0.1) is 4.92 Å². The average Bonchev–Trinajstić information content (AvgIpc) is 3.16. The summed E-state index contributed by atoms with van der Waals surface area (Å²) in [6.45, 7) is 3.79. The number of rotatable bonds is 4. The lowest BCUT2D eigenvalue weighted by Crippen LogP contribution is -2.43. The molecule has 2 saturated heterocycles. The Bertz CT molecular complexity index is 687. The smallest absolute Gasteiger partial charge is 0.305 e. The van der Waals surface area contributed by atoms with Gasteiger partial charge in [-0.25, -0.2) is 8.42 Å². The molecule has 0 bridgehead atoms. The van der Waals surface area contributed by atoms with Gasteiger partial charge in [-0.3, -0.25) is 10.1 Å². The molecule has 1 aromatic heterocycles. The van der Waals surface area contributed by atoms with Crippen molar-refractivity contribution in [2.45, 2.75) is 35.9 Å². The second kappa shape index (κ2) is 6.37. The zero-order valence-corrected chi connectivity index (χ0v) is 14.7. The van der Waals surface area contributed by atoms with Crippen LogP contribution in [0.25, 0.3) is 0 Å². The normalized spacial score (nSPS) is 21.0. The fraction of sp³-hybridized carbons (Fsp3) is 0.714. The highest BCUT2D eigenvalue weighted by Gasteiger charge is 2.32. The third kappa shape index (κ3) is 3.51. The highest BCUT2D eigenvalue weighted by atomic mass is 32.2. The van der Waals surface area contributed by atoms with Crippen molar-refractivity contribution < 1.29 is 13.3 Å². The maximum Gasteiger partial charge on any atom is 0.305 e. The van der Waals surface area contributed by atoms with Crippen molar-refractivity contribution in [2.75, 3.05) is 37.3 Å². The monoisotopic (exact) mass is 359 g/mol. The SMILES string of the molecule is CS(=O)(=O)c1cc([N+](=O)[O-])c(N2CCC(N3CCCC3)CC2)s1. The zero-order chi connectivity index (χ0) is 16.6. The molecule has 0 unspecified atom stereocenters. The summed E-state index contributed by atoms with van der Waals surface area (Å²) in [5, 5.41) is 11.7. The predicted octanol–water partition coefficient (Wildman–Crippen LogP) is 2.12. The van der Waals surface area contributed by atoms with E-state index in [0.29, 0.717) is 11.0 Å². The van der Waals surface area contributed by atoms with Gasteiger partial charge in [0.25, 0.3) is 0 Å². The standard InChI is InChI=1S/C14H21N3O4S2/c1-23(20,21)13-10-12(17(18)19)14(22-13)16-8-4-11(5-9-16)15-6-2-3-7-15/h10-11H,2-9H2,1H3. The molecule has 0 amide bonds. The van der Waals surface area contributed by atoms with Gasteiger partial charge in [0.1, 0.15) is 4.21 Å². The molecule has 0 aromatic carbocycles. The first-order valence-electron chi connectivity index (χ1n) is 7.83. The number of thiophene rings is 1. The van der Waals surface area contributed by atoms with E-state index in [1.54, 1.807) is 0 Å². The molecule has 2 aliphatic rings. The van der Waals surface area contributed by atoms with Gasteiger partial charge in [-0.2, -0.15) is 0 Å². The number of anilines is 1. The molecular weight excluding hydrogens is 338 g/mol. The Balaban J connectivity index is 1.77. The third-order valence-electron chi connectivity index (χ3n) is 4.64. The predicted molar refractivity (Wildman–Crippen MR) is 90.1 cm³/mol. The van der Waals surface area contributed by atoms with Crippen molar-refractivity contribution >= 4 is 31.9 Å². The summed E-state index contributed by atoms with van der Waals surface area (Å²) in [5.74, 6) is 0. The first kappa shape index (κ1) is 16.7. The topological polar surface area (TPSA) is 83.8 Å². The fourth-order valence-electron chi connectivity index (χ4n) is 3.43. The Hall–Kier alpha value is -1.19. The second-order valence-electron chi connectivity index (χ2n) is 6.25. The van der Waals surface area contributed by atoms with Gasteiger partial charge in [-0.05, 0) is 38.8 Å². The highest BCUT2D eigenvalue weighted by molar-refractivity contribution is 7.92. The first-order chi connectivity index (χ1) is 10.9. The van der Waals surface area contributed by atoms with E-state index in [2.05, 4.69) is 4.90 Å². The first-order valence-corrected chi connectivity index (χ1v) is 10.5. The molecule has 0 saturated carbocycles. The lowest BCUT2D eigenvalue weighted by atomic mass is 10.0. The van der Waals surface area contributed by atoms with Crippen LogP contribution in [-0.4, -0.2) is 56.7 Å². The van der Waals surface area contributed by atoms with Crippen LogP contribution in [0, 0.1) is 10.1 Å². The van der Waals surface area contributed by atoms with Crippen LogP contribution in [0.2, 0.25) is 0 Å². The van der Waals surface area contributed by atoms with Crippen molar-refractivity contribution in [2.24, 2.45) is 0 Å². The summed E-state index contributed by atoms with van der Waals surface area (Å²) >= 11 is 1.02. The molecule has 0 aliphatic carbocycles. The van der Waals surface area contributed by atoms with Crippen LogP contribution < -0.4 is 4.90 Å². The van der Waals surface area contributed by atoms with E-state index in [-0.39, 0.29) is 9.90 Å². The lowest BCUT2D eigenvalue weighted by Gasteiger charge is -2.36. The molecule has 2 aliphatic heterocycles. The maximum absolute atomic E-state index is 11.7. The van der Waals surface area contributed by atoms with Gasteiger partial charge in [0.2, 0.25) is 0 Å². The van der Waals surface area contributed by atoms with Crippen LogP contribution in [0.15, 0.2) is 10.3 Å². The molecule has 0 spiro atoms. The summed E-state index contributed by atoms with van der Waals surface area (Å²) in [7, 11) is -3.42. The van der Waals surface area contributed by atoms with E-state index < -0.39 is 14.8 Å². The van der Waals surface area contributed by atoms with Crippen LogP contribution in [0.4, 0.5) is 10.7 Å². The Morgan fingerprint density at radius 2 is 1.83 bits per heavy atom. The lowest BCUT2D eigenvalue weighted by molar-refractivity contribution is -0.383. The van der Waals surface area contributed by atoms with Gasteiger partial charge in [0, 0.05) is 31.5 Å². The van der Waals surface area contributed by atoms with Crippen LogP contribution in [-0.2, 0) is 9.84 Å². The fourth-order valence-corrected chi connectivity index (χ4v) is 5.51. The number of sulfone groups is 1. The molecule has 3 rings (SSSR count). The average molecular weight is 359 g/mol. The van der Waals surface area contributed by atoms with Crippen molar-refractivity contribution in [1.29, 1.82) is 0 Å². The third-order valence-corrected chi connectivity index (χ3v) is 7.63. The number of hydrogen-bond acceptors (Lipinski definition) is 7. The quantitative estimate of drug-likeness (QED) is 0.605. The molecular formula is C14H21N3O4S2. The minimum absolute atomic E-state index is 0.0702. The Morgan fingerprint density at radius 3 is 2.35 bits per heavy atom. The number of piperidine rings is 1. The summed E-state index contributed by atoms with van der Waals surface area (Å²) in [6.07, 6.45) is 5.56. The van der Waals surface area contributed by atoms with Gasteiger partial charge in [-0.15, -0.1) is 0 Å². The number of hydrogen-bond donors (Lipinski definition) is 0. The zero-order valence-electron chi connectivity index (χ0n) is 13.1. The number of nitrogens with zero attached hydrogens (tertiary/aromatic N) is 3. The largest absolute Gasteiger partial charge is 0.358 e. The van der Waals surface area contributed by atoms with Gasteiger partial charge in [0.15, 0.2) is 14.8 Å². The Kier molecular flexibility index (Phi) is 4.61. The van der Waals surface area contributed by atoms with E-state index in [1.807, 2.05) is 4.90 Å². The number of nitro groups is 1. The van der Waals surface area contributed by atoms with Crippen LogP contribution in [0.3, 0.4) is 0 Å². The molecule has 2 fully saturated rings. The van der Waals surface area contributed by atoms with Crippen molar-refractivity contribution in [3.8, 4) is 0 Å². The van der Waals surface area contributed by atoms with E-state index >= 15 is 0 Å². The molecule has 0 atom stereocenters. The molecule has 23 heavy (non-hydrogen) atoms. The van der Waals surface area contributed by atoms with E-state index in [4.69, 9.17) is 0 Å². The maximum atomic E-state index is 11.7. The van der Waals surface area contributed by atoms with Crippen molar-refractivity contribution in [1.82, 2.24) is 4.90 Å². The molecule has 128 valence electrons. The summed E-state index contributed by atoms with van der Waals surface area (Å²) < 4.78 is 23.5. The van der Waals surface area contributed by atoms with Crippen LogP contribution >= 0.6 is 11.3 Å². The minimum atomic E-state index is -3.42. The van der Waals surface area contributed by atoms with Gasteiger partial charge in [-0.1, -0.05) is 11.3 Å². The second-order valence-corrected chi connectivity index (χ2v) is 9.52. The van der Waals surface area contributed by atoms with Gasteiger partial charge < -0.3 is 9.80 Å². The van der Waals surface area contributed by atoms with E-state index in [9.17, 15) is 18.5 Å². The number of likely N-dealkylation sites (tertiary alicyclic amines) is 1. The minimum Gasteiger partial charge on any atom is -0.358 e. The summed E-state index contributed by atoms with van der Waals surface area (Å²) in [6, 6.07) is 1.75. The molecule has 1 aromatic rings. The van der Waals surface area contributed by atoms with Crippen molar-refractivity contribution in [3.63, 3.8) is 0 Å². The summed E-state index contributed by atoms with van der Waals surface area (Å²) in [5.41, 5.74) is -0.0879. The molecule has 9 heteroatoms. The Labute approximate surface area is 140 Å². The van der Waals surface area contributed by atoms with Crippen LogP contribution in [0.5, 0.6) is 0 Å². The molecule has 7 nitrogen and oxygen atoms in total. The molecule has 3 heterocycles. The molecule has 0 radical (unpaired) electrons. The van der Waals surface area contributed by atoms with E-state index in [0.717, 1.165) is 56.6 Å². The van der Waals surface area contributed by atoms with E-state index in [1.165, 1.54) is 18.9 Å². The van der Waals surface area contributed by atoms with Gasteiger partial charge >= 0.3 is 5.69 Å². The summed E-state index contributed by atoms with van der Waals surface area (Å²) in [4.78, 5) is 15.3. The van der Waals surface area contributed by atoms with Crippen molar-refractivity contribution in [3.05, 3.63) is 16.2 Å². The van der Waals surface area contributed by atoms with Crippen LogP contribution in [0.1, 0.15) is 25.7 Å². The highest BCUT2D eigenvalue weighted by Crippen LogP contribution is 2.41. The Morgan fingerprint density at radius 1 is 1.22 bits per heavy atom.